The van der Waals surface area contributed by atoms with Crippen molar-refractivity contribution in [2.75, 3.05) is 40.6 Å². The molecule has 4 aromatic rings. The van der Waals surface area contributed by atoms with Crippen LogP contribution in [0.15, 0.2) is 48.5 Å². The maximum atomic E-state index is 9.86. The van der Waals surface area contributed by atoms with Gasteiger partial charge in [-0.3, -0.25) is 0 Å². The lowest BCUT2D eigenvalue weighted by atomic mass is 9.79. The van der Waals surface area contributed by atoms with E-state index in [-0.39, 0.29) is 34.9 Å². The van der Waals surface area contributed by atoms with E-state index in [9.17, 15) is 10.2 Å². The molecule has 0 heterocycles. The SMILES string of the molecule is COc1c2cc(C(C)(C)C)cc1Cc1cc(C(C)(C)C)cc(c1OCCCO)Cc1cc(C(C)(C)C)cc(c1OC)Cc1cc(C(C)(C)C)cc(c1OCCCO)C2. The first-order valence-electron chi connectivity index (χ1n) is 21.3. The van der Waals surface area contributed by atoms with E-state index in [0.717, 1.165) is 67.5 Å². The number of aliphatic hydroxyl groups excluding tert-OH is 2. The summed E-state index contributed by atoms with van der Waals surface area (Å²) in [4.78, 5) is 0. The summed E-state index contributed by atoms with van der Waals surface area (Å²) < 4.78 is 26.4. The van der Waals surface area contributed by atoms with E-state index < -0.39 is 0 Å². The van der Waals surface area contributed by atoms with Gasteiger partial charge in [-0.2, -0.15) is 0 Å². The lowest BCUT2D eigenvalue weighted by Crippen LogP contribution is -2.17. The van der Waals surface area contributed by atoms with Crippen molar-refractivity contribution in [2.45, 2.75) is 143 Å². The minimum Gasteiger partial charge on any atom is -0.496 e. The van der Waals surface area contributed by atoms with Gasteiger partial charge < -0.3 is 29.2 Å². The Hall–Kier alpha value is -4.00. The molecule has 8 bridgehead atoms. The molecule has 0 aromatic heterocycles. The Balaban J connectivity index is 1.98. The first-order valence-corrected chi connectivity index (χ1v) is 21.3. The third-order valence-electron chi connectivity index (χ3n) is 11.5. The van der Waals surface area contributed by atoms with Gasteiger partial charge in [-0.05, 0) is 88.4 Å². The number of hydrogen-bond acceptors (Lipinski definition) is 6. The van der Waals surface area contributed by atoms with Crippen molar-refractivity contribution in [1.82, 2.24) is 0 Å². The van der Waals surface area contributed by atoms with Gasteiger partial charge in [-0.1, -0.05) is 132 Å². The van der Waals surface area contributed by atoms with Crippen LogP contribution in [-0.2, 0) is 47.3 Å². The summed E-state index contributed by atoms with van der Waals surface area (Å²) in [7, 11) is 3.57. The maximum absolute atomic E-state index is 9.86. The quantitative estimate of drug-likeness (QED) is 0.137. The molecule has 0 spiro atoms. The first kappa shape index (κ1) is 45.1. The summed E-state index contributed by atoms with van der Waals surface area (Å²) in [6.07, 6.45) is 3.48. The van der Waals surface area contributed by atoms with Gasteiger partial charge >= 0.3 is 0 Å². The predicted octanol–water partition coefficient (Wildman–Crippen LogP) is 11.1. The zero-order chi connectivity index (χ0) is 42.8. The van der Waals surface area contributed by atoms with Crippen molar-refractivity contribution in [2.24, 2.45) is 0 Å². The fraction of sp³-hybridized carbons (Fsp3) is 0.538. The Bertz CT molecular complexity index is 1820. The molecule has 1 aliphatic rings. The Labute approximate surface area is 350 Å². The van der Waals surface area contributed by atoms with E-state index in [1.54, 1.807) is 14.2 Å². The van der Waals surface area contributed by atoms with E-state index in [2.05, 4.69) is 132 Å². The van der Waals surface area contributed by atoms with Crippen LogP contribution in [0.2, 0.25) is 0 Å². The highest BCUT2D eigenvalue weighted by Crippen LogP contribution is 2.44. The number of fused-ring (bicyclic) bond motifs is 8. The standard InChI is InChI=1S/C52H72O6/c1-49(2,3)41-25-33-21-37-29-43(51(7,8)9)31-39(47(37)57-19-15-17-53)23-35-27-42(50(4,5)6)28-36(46(35)56-14)24-40-32-44(52(10,11)12)30-38(48(40)58-20-16-18-54)22-34(26-41)45(33)55-13/h25-32,53-54H,15-24H2,1-14H3. The van der Waals surface area contributed by atoms with Gasteiger partial charge in [-0.25, -0.2) is 0 Å². The van der Waals surface area contributed by atoms with Crippen molar-refractivity contribution in [3.63, 3.8) is 0 Å². The van der Waals surface area contributed by atoms with Gasteiger partial charge in [0.05, 0.1) is 27.4 Å². The highest BCUT2D eigenvalue weighted by Gasteiger charge is 2.29. The van der Waals surface area contributed by atoms with Crippen molar-refractivity contribution in [3.8, 4) is 23.0 Å². The van der Waals surface area contributed by atoms with Crippen LogP contribution in [0.1, 0.15) is 163 Å². The summed E-state index contributed by atoms with van der Waals surface area (Å²) in [5.41, 5.74) is 13.2. The van der Waals surface area contributed by atoms with Gasteiger partial charge in [0.2, 0.25) is 0 Å². The van der Waals surface area contributed by atoms with E-state index in [1.165, 1.54) is 22.3 Å². The van der Waals surface area contributed by atoms with Gasteiger partial charge in [0.15, 0.2) is 0 Å². The molecule has 316 valence electrons. The summed E-state index contributed by atoms with van der Waals surface area (Å²) in [5, 5.41) is 19.7. The first-order chi connectivity index (χ1) is 27.1. The molecule has 0 unspecified atom stereocenters. The molecule has 5 rings (SSSR count). The van der Waals surface area contributed by atoms with Crippen LogP contribution < -0.4 is 18.9 Å². The molecule has 0 saturated heterocycles. The van der Waals surface area contributed by atoms with Crippen molar-refractivity contribution in [3.05, 3.63) is 115 Å². The molecule has 0 amide bonds. The molecule has 6 heteroatoms. The molecule has 4 aromatic carbocycles. The van der Waals surface area contributed by atoms with Gasteiger partial charge in [0, 0.05) is 51.7 Å². The molecule has 6 nitrogen and oxygen atoms in total. The Morgan fingerprint density at radius 2 is 0.586 bits per heavy atom. The smallest absolute Gasteiger partial charge is 0.126 e. The molecule has 0 radical (unpaired) electrons. The summed E-state index contributed by atoms with van der Waals surface area (Å²) in [5.74, 6) is 3.47. The van der Waals surface area contributed by atoms with Crippen LogP contribution in [0.5, 0.6) is 23.0 Å². The van der Waals surface area contributed by atoms with E-state index in [0.29, 0.717) is 51.7 Å². The third-order valence-corrected chi connectivity index (χ3v) is 11.5. The molecule has 0 atom stereocenters. The molecule has 1 aliphatic carbocycles. The normalized spacial score (nSPS) is 13.7. The topological polar surface area (TPSA) is 77.4 Å². The Morgan fingerprint density at radius 1 is 0.379 bits per heavy atom. The average molecular weight is 793 g/mol. The fourth-order valence-corrected chi connectivity index (χ4v) is 7.99. The van der Waals surface area contributed by atoms with Crippen LogP contribution in [-0.4, -0.2) is 50.9 Å². The van der Waals surface area contributed by atoms with E-state index in [4.69, 9.17) is 18.9 Å². The number of rotatable bonds is 10. The molecule has 0 aliphatic heterocycles. The second kappa shape index (κ2) is 17.7. The second-order valence-electron chi connectivity index (χ2n) is 20.5. The van der Waals surface area contributed by atoms with E-state index in [1.807, 2.05) is 0 Å². The summed E-state index contributed by atoms with van der Waals surface area (Å²) in [6.45, 7) is 28.2. The number of ether oxygens (including phenoxy) is 4. The van der Waals surface area contributed by atoms with Gasteiger partial charge in [0.1, 0.15) is 23.0 Å². The molecular weight excluding hydrogens is 721 g/mol. The lowest BCUT2D eigenvalue weighted by molar-refractivity contribution is 0.231. The van der Waals surface area contributed by atoms with E-state index >= 15 is 0 Å². The number of aliphatic hydroxyl groups is 2. The maximum Gasteiger partial charge on any atom is 0.126 e. The van der Waals surface area contributed by atoms with Crippen LogP contribution in [0, 0.1) is 0 Å². The number of benzene rings is 4. The largest absolute Gasteiger partial charge is 0.496 e. The monoisotopic (exact) mass is 793 g/mol. The van der Waals surface area contributed by atoms with Gasteiger partial charge in [0.25, 0.3) is 0 Å². The summed E-state index contributed by atoms with van der Waals surface area (Å²) in [6, 6.07) is 18.6. The Kier molecular flexibility index (Phi) is 13.8. The molecule has 58 heavy (non-hydrogen) atoms. The molecule has 0 saturated carbocycles. The van der Waals surface area contributed by atoms with Crippen LogP contribution in [0.4, 0.5) is 0 Å². The predicted molar refractivity (Wildman–Crippen MR) is 239 cm³/mol. The lowest BCUT2D eigenvalue weighted by Gasteiger charge is -2.29. The van der Waals surface area contributed by atoms with Crippen molar-refractivity contribution >= 4 is 0 Å². The number of hydrogen-bond donors (Lipinski definition) is 2. The molecular formula is C52H72O6. The second-order valence-corrected chi connectivity index (χ2v) is 20.5. The third kappa shape index (κ3) is 10.4. The van der Waals surface area contributed by atoms with Crippen LogP contribution in [0.25, 0.3) is 0 Å². The minimum atomic E-state index is -0.127. The highest BCUT2D eigenvalue weighted by atomic mass is 16.5. The van der Waals surface area contributed by atoms with Gasteiger partial charge in [-0.15, -0.1) is 0 Å². The molecule has 2 N–H and O–H groups in total. The fourth-order valence-electron chi connectivity index (χ4n) is 7.99. The van der Waals surface area contributed by atoms with Crippen molar-refractivity contribution < 1.29 is 29.2 Å². The van der Waals surface area contributed by atoms with Crippen LogP contribution in [0.3, 0.4) is 0 Å². The summed E-state index contributed by atoms with van der Waals surface area (Å²) >= 11 is 0. The minimum absolute atomic E-state index is 0.0587. The zero-order valence-electron chi connectivity index (χ0n) is 38.2. The number of methoxy groups -OCH3 is 2. The Morgan fingerprint density at radius 3 is 0.759 bits per heavy atom. The van der Waals surface area contributed by atoms with Crippen LogP contribution >= 0.6 is 0 Å². The molecule has 0 fully saturated rings. The highest BCUT2D eigenvalue weighted by molar-refractivity contribution is 5.60. The average Bonchev–Trinajstić information content (AvgIpc) is 3.11. The zero-order valence-corrected chi connectivity index (χ0v) is 38.2. The van der Waals surface area contributed by atoms with Crippen molar-refractivity contribution in [1.29, 1.82) is 0 Å².